The van der Waals surface area contributed by atoms with Gasteiger partial charge >= 0.3 is 0 Å². The third-order valence-corrected chi connectivity index (χ3v) is 7.50. The summed E-state index contributed by atoms with van der Waals surface area (Å²) in [4.78, 5) is 0. The standard InChI is InChI=1S/C28H19Cl/c29-19-12-13-22-23-14-17-6-5-7-18(17)15-26(23)28(27(22)16-19)24-10-3-1-8-20(24)21-9-2-4-11-25(21)28/h1-4,8-16H,5-7H2. The van der Waals surface area contributed by atoms with Gasteiger partial charge in [-0.2, -0.15) is 0 Å². The smallest absolute Gasteiger partial charge is 0.0726 e. The lowest BCUT2D eigenvalue weighted by Gasteiger charge is -2.30. The molecule has 0 aromatic heterocycles. The van der Waals surface area contributed by atoms with E-state index in [1.807, 2.05) is 6.07 Å². The summed E-state index contributed by atoms with van der Waals surface area (Å²) in [5.41, 5.74) is 13.8. The van der Waals surface area contributed by atoms with Crippen LogP contribution >= 0.6 is 11.6 Å². The third kappa shape index (κ3) is 1.82. The maximum atomic E-state index is 6.58. The maximum absolute atomic E-state index is 6.58. The number of fused-ring (bicyclic) bond motifs is 11. The number of rotatable bonds is 0. The molecule has 4 aromatic rings. The average molecular weight is 391 g/mol. The zero-order valence-electron chi connectivity index (χ0n) is 16.0. The molecule has 0 atom stereocenters. The summed E-state index contributed by atoms with van der Waals surface area (Å²) in [5, 5.41) is 0.810. The van der Waals surface area contributed by atoms with Crippen LogP contribution in [0.5, 0.6) is 0 Å². The predicted octanol–water partition coefficient (Wildman–Crippen LogP) is 7.17. The second kappa shape index (κ2) is 5.40. The van der Waals surface area contributed by atoms with Crippen LogP contribution in [0.25, 0.3) is 22.3 Å². The summed E-state index contributed by atoms with van der Waals surface area (Å²) in [5.74, 6) is 0. The fourth-order valence-electron chi connectivity index (χ4n) is 6.18. The molecule has 0 saturated carbocycles. The lowest BCUT2D eigenvalue weighted by molar-refractivity contribution is 0.791. The van der Waals surface area contributed by atoms with Crippen molar-refractivity contribution in [2.75, 3.05) is 0 Å². The van der Waals surface area contributed by atoms with Crippen molar-refractivity contribution in [1.29, 1.82) is 0 Å². The van der Waals surface area contributed by atoms with Crippen LogP contribution in [0.2, 0.25) is 5.02 Å². The lowest BCUT2D eigenvalue weighted by Crippen LogP contribution is -2.26. The second-order valence-corrected chi connectivity index (χ2v) is 8.99. The molecule has 0 unspecified atom stereocenters. The molecule has 0 N–H and O–H groups in total. The minimum Gasteiger partial charge on any atom is -0.0843 e. The first kappa shape index (κ1) is 16.0. The molecule has 0 bridgehead atoms. The van der Waals surface area contributed by atoms with E-state index in [0.717, 1.165) is 5.02 Å². The first-order valence-electron chi connectivity index (χ1n) is 10.4. The second-order valence-electron chi connectivity index (χ2n) is 8.55. The van der Waals surface area contributed by atoms with Crippen molar-refractivity contribution in [3.05, 3.63) is 117 Å². The average Bonchev–Trinajstić information content (AvgIpc) is 3.41. The van der Waals surface area contributed by atoms with Crippen molar-refractivity contribution >= 4 is 11.6 Å². The molecule has 0 aliphatic heterocycles. The van der Waals surface area contributed by atoms with E-state index in [2.05, 4.69) is 72.8 Å². The summed E-state index contributed by atoms with van der Waals surface area (Å²) >= 11 is 6.58. The Hall–Kier alpha value is -2.83. The summed E-state index contributed by atoms with van der Waals surface area (Å²) in [6, 6.07) is 29.4. The van der Waals surface area contributed by atoms with E-state index in [4.69, 9.17) is 11.6 Å². The molecule has 0 heterocycles. The van der Waals surface area contributed by atoms with E-state index < -0.39 is 0 Å². The molecule has 0 radical (unpaired) electrons. The van der Waals surface area contributed by atoms with Crippen LogP contribution < -0.4 is 0 Å². The molecule has 3 aliphatic carbocycles. The molecule has 138 valence electrons. The SMILES string of the molecule is Clc1ccc2c(c1)C1(c3ccccc3-c3ccccc31)c1cc3c(cc1-2)CCC3. The highest BCUT2D eigenvalue weighted by molar-refractivity contribution is 6.30. The molecule has 1 spiro atoms. The Morgan fingerprint density at radius 1 is 0.552 bits per heavy atom. The Morgan fingerprint density at radius 3 is 1.86 bits per heavy atom. The minimum atomic E-state index is -0.264. The number of halogens is 1. The van der Waals surface area contributed by atoms with E-state index in [9.17, 15) is 0 Å². The summed E-state index contributed by atoms with van der Waals surface area (Å²) < 4.78 is 0. The fraction of sp³-hybridized carbons (Fsp3) is 0.143. The van der Waals surface area contributed by atoms with Gasteiger partial charge in [-0.15, -0.1) is 0 Å². The zero-order chi connectivity index (χ0) is 19.2. The van der Waals surface area contributed by atoms with Gasteiger partial charge in [0.2, 0.25) is 0 Å². The van der Waals surface area contributed by atoms with Crippen LogP contribution in [0.3, 0.4) is 0 Å². The highest BCUT2D eigenvalue weighted by Crippen LogP contribution is 2.63. The maximum Gasteiger partial charge on any atom is 0.0726 e. The number of aryl methyl sites for hydroxylation is 2. The lowest BCUT2D eigenvalue weighted by atomic mass is 9.70. The molecule has 0 saturated heterocycles. The molecular weight excluding hydrogens is 372 g/mol. The van der Waals surface area contributed by atoms with Gasteiger partial charge in [0.1, 0.15) is 0 Å². The van der Waals surface area contributed by atoms with Crippen molar-refractivity contribution in [3.63, 3.8) is 0 Å². The summed E-state index contributed by atoms with van der Waals surface area (Å²) in [7, 11) is 0. The molecule has 0 nitrogen and oxygen atoms in total. The van der Waals surface area contributed by atoms with Crippen LogP contribution in [-0.2, 0) is 18.3 Å². The van der Waals surface area contributed by atoms with E-state index in [-0.39, 0.29) is 5.41 Å². The van der Waals surface area contributed by atoms with Gasteiger partial charge in [-0.05, 0) is 87.0 Å². The molecule has 0 fully saturated rings. The van der Waals surface area contributed by atoms with Crippen LogP contribution in [0, 0.1) is 0 Å². The third-order valence-electron chi connectivity index (χ3n) is 7.26. The monoisotopic (exact) mass is 390 g/mol. The molecule has 0 amide bonds. The van der Waals surface area contributed by atoms with E-state index in [0.29, 0.717) is 0 Å². The van der Waals surface area contributed by atoms with Gasteiger partial charge in [0.25, 0.3) is 0 Å². The van der Waals surface area contributed by atoms with Gasteiger partial charge < -0.3 is 0 Å². The minimum absolute atomic E-state index is 0.264. The van der Waals surface area contributed by atoms with E-state index in [1.54, 1.807) is 0 Å². The van der Waals surface area contributed by atoms with Crippen LogP contribution in [0.1, 0.15) is 39.8 Å². The fourth-order valence-corrected chi connectivity index (χ4v) is 6.35. The molecule has 1 heteroatoms. The Kier molecular flexibility index (Phi) is 2.98. The van der Waals surface area contributed by atoms with Gasteiger partial charge in [0.15, 0.2) is 0 Å². The Labute approximate surface area is 175 Å². The van der Waals surface area contributed by atoms with Gasteiger partial charge in [0.05, 0.1) is 5.41 Å². The van der Waals surface area contributed by atoms with E-state index in [1.165, 1.54) is 74.9 Å². The van der Waals surface area contributed by atoms with Crippen LogP contribution in [0.4, 0.5) is 0 Å². The first-order valence-corrected chi connectivity index (χ1v) is 10.8. The van der Waals surface area contributed by atoms with Gasteiger partial charge in [0, 0.05) is 5.02 Å². The molecule has 3 aliphatic rings. The Balaban J connectivity index is 1.71. The molecular formula is C28H19Cl. The van der Waals surface area contributed by atoms with Gasteiger partial charge in [-0.1, -0.05) is 78.3 Å². The number of hydrogen-bond donors (Lipinski definition) is 0. The van der Waals surface area contributed by atoms with Crippen molar-refractivity contribution in [2.24, 2.45) is 0 Å². The van der Waals surface area contributed by atoms with Gasteiger partial charge in [-0.25, -0.2) is 0 Å². The topological polar surface area (TPSA) is 0 Å². The highest BCUT2D eigenvalue weighted by atomic mass is 35.5. The molecule has 7 rings (SSSR count). The first-order chi connectivity index (χ1) is 14.3. The zero-order valence-corrected chi connectivity index (χ0v) is 16.8. The molecule has 4 aromatic carbocycles. The van der Waals surface area contributed by atoms with Crippen molar-refractivity contribution < 1.29 is 0 Å². The molecule has 29 heavy (non-hydrogen) atoms. The highest BCUT2D eigenvalue weighted by Gasteiger charge is 2.51. The quantitative estimate of drug-likeness (QED) is 0.258. The van der Waals surface area contributed by atoms with Crippen LogP contribution in [0.15, 0.2) is 78.9 Å². The number of benzene rings is 4. The van der Waals surface area contributed by atoms with Crippen molar-refractivity contribution in [3.8, 4) is 22.3 Å². The van der Waals surface area contributed by atoms with E-state index >= 15 is 0 Å². The van der Waals surface area contributed by atoms with Crippen molar-refractivity contribution in [1.82, 2.24) is 0 Å². The van der Waals surface area contributed by atoms with Crippen LogP contribution in [-0.4, -0.2) is 0 Å². The predicted molar refractivity (Wildman–Crippen MR) is 120 cm³/mol. The summed E-state index contributed by atoms with van der Waals surface area (Å²) in [6.45, 7) is 0. The van der Waals surface area contributed by atoms with Gasteiger partial charge in [-0.3, -0.25) is 0 Å². The Morgan fingerprint density at radius 2 is 1.14 bits per heavy atom. The number of hydrogen-bond acceptors (Lipinski definition) is 0. The summed E-state index contributed by atoms with van der Waals surface area (Å²) in [6.07, 6.45) is 3.66. The van der Waals surface area contributed by atoms with Crippen molar-refractivity contribution in [2.45, 2.75) is 24.7 Å². The Bertz CT molecular complexity index is 1300. The normalized spacial score (nSPS) is 16.3. The largest absolute Gasteiger partial charge is 0.0843 e.